The molecule has 13 heavy (non-hydrogen) atoms. The summed E-state index contributed by atoms with van der Waals surface area (Å²) >= 11 is 5.97. The Labute approximate surface area is 92.2 Å². The molecule has 0 aromatic heterocycles. The molecule has 5 heteroatoms. The second-order valence-corrected chi connectivity index (χ2v) is 4.36. The van der Waals surface area contributed by atoms with Gasteiger partial charge in [-0.05, 0) is 44.8 Å². The van der Waals surface area contributed by atoms with Crippen LogP contribution in [0.1, 0.15) is 18.5 Å². The predicted molar refractivity (Wildman–Crippen MR) is 56.1 cm³/mol. The van der Waals surface area contributed by atoms with Crippen LogP contribution in [0.5, 0.6) is 5.75 Å². The fourth-order valence-corrected chi connectivity index (χ4v) is 2.10. The van der Waals surface area contributed by atoms with Crippen LogP contribution in [0.4, 0.5) is 4.39 Å². The van der Waals surface area contributed by atoms with E-state index in [0.717, 1.165) is 0 Å². The van der Waals surface area contributed by atoms with Gasteiger partial charge in [-0.3, -0.25) is 0 Å². The Balaban J connectivity index is 3.41. The lowest BCUT2D eigenvalue weighted by Gasteiger charge is -2.11. The number of phenolic OH excluding ortho intramolecular Hbond substituents is 1. The first-order valence-corrected chi connectivity index (χ1v) is 5.15. The molecule has 3 N–H and O–H groups in total. The molecule has 2 nitrogen and oxygen atoms in total. The van der Waals surface area contributed by atoms with Gasteiger partial charge in [-0.2, -0.15) is 0 Å². The number of nitrogens with two attached hydrogens (primary N) is 1. The lowest BCUT2D eigenvalue weighted by molar-refractivity contribution is 0.452. The highest BCUT2D eigenvalue weighted by molar-refractivity contribution is 9.11. The molecule has 0 aliphatic heterocycles. The Bertz CT molecular complexity index is 341. The maximum absolute atomic E-state index is 13.1. The third-order valence-corrected chi connectivity index (χ3v) is 2.96. The summed E-state index contributed by atoms with van der Waals surface area (Å²) in [4.78, 5) is 0. The highest BCUT2D eigenvalue weighted by Crippen LogP contribution is 2.37. The molecular weight excluding hydrogens is 305 g/mol. The Morgan fingerprint density at radius 2 is 2.08 bits per heavy atom. The van der Waals surface area contributed by atoms with Gasteiger partial charge in [0.1, 0.15) is 5.75 Å². The summed E-state index contributed by atoms with van der Waals surface area (Å²) in [6.45, 7) is 1.71. The van der Waals surface area contributed by atoms with Gasteiger partial charge >= 0.3 is 0 Å². The van der Waals surface area contributed by atoms with Crippen molar-refractivity contribution < 1.29 is 9.50 Å². The van der Waals surface area contributed by atoms with Gasteiger partial charge in [0.05, 0.1) is 8.95 Å². The summed E-state index contributed by atoms with van der Waals surface area (Å²) in [7, 11) is 0. The van der Waals surface area contributed by atoms with Crippen molar-refractivity contribution in [2.75, 3.05) is 0 Å². The lowest BCUT2D eigenvalue weighted by atomic mass is 10.1. The van der Waals surface area contributed by atoms with Crippen LogP contribution in [0.3, 0.4) is 0 Å². The van der Waals surface area contributed by atoms with E-state index in [1.165, 1.54) is 6.07 Å². The molecule has 0 unspecified atom stereocenters. The minimum Gasteiger partial charge on any atom is -0.506 e. The molecule has 0 heterocycles. The van der Waals surface area contributed by atoms with Gasteiger partial charge in [0.25, 0.3) is 0 Å². The van der Waals surface area contributed by atoms with E-state index < -0.39 is 5.82 Å². The van der Waals surface area contributed by atoms with E-state index in [1.807, 2.05) is 0 Å². The normalized spacial score (nSPS) is 13.0. The molecule has 1 atom stereocenters. The minimum absolute atomic E-state index is 0.0363. The van der Waals surface area contributed by atoms with Crippen LogP contribution in [0.15, 0.2) is 15.0 Å². The van der Waals surface area contributed by atoms with Gasteiger partial charge in [-0.25, -0.2) is 4.39 Å². The highest BCUT2D eigenvalue weighted by atomic mass is 79.9. The molecule has 1 aromatic carbocycles. The number of phenols is 1. The van der Waals surface area contributed by atoms with Gasteiger partial charge in [0.15, 0.2) is 5.82 Å². The third kappa shape index (κ3) is 2.03. The first kappa shape index (κ1) is 10.9. The van der Waals surface area contributed by atoms with Crippen LogP contribution in [-0.2, 0) is 0 Å². The standard InChI is InChI=1S/C8H8Br2FNO/c1-3(12)4-2-5(9)7(11)6(10)8(4)13/h2-3,13H,12H2,1H3/t3-/m1/s1. The molecule has 0 fully saturated rings. The van der Waals surface area contributed by atoms with Crippen molar-refractivity contribution in [3.8, 4) is 5.75 Å². The smallest absolute Gasteiger partial charge is 0.155 e. The SMILES string of the molecule is C[C@@H](N)c1cc(Br)c(F)c(Br)c1O. The molecule has 0 spiro atoms. The summed E-state index contributed by atoms with van der Waals surface area (Å²) < 4.78 is 13.5. The van der Waals surface area contributed by atoms with Crippen molar-refractivity contribution in [2.24, 2.45) is 5.73 Å². The number of halogens is 3. The van der Waals surface area contributed by atoms with Crippen LogP contribution in [0, 0.1) is 5.82 Å². The molecular formula is C8H8Br2FNO. The van der Waals surface area contributed by atoms with Gasteiger partial charge in [-0.1, -0.05) is 0 Å². The number of hydrogen-bond acceptors (Lipinski definition) is 2. The second-order valence-electron chi connectivity index (χ2n) is 2.71. The molecule has 1 rings (SSSR count). The van der Waals surface area contributed by atoms with E-state index in [1.54, 1.807) is 6.92 Å². The molecule has 72 valence electrons. The number of benzene rings is 1. The van der Waals surface area contributed by atoms with Crippen LogP contribution in [0.2, 0.25) is 0 Å². The number of rotatable bonds is 1. The van der Waals surface area contributed by atoms with Gasteiger partial charge in [0.2, 0.25) is 0 Å². The molecule has 0 aliphatic carbocycles. The van der Waals surface area contributed by atoms with Crippen LogP contribution >= 0.6 is 31.9 Å². The first-order valence-electron chi connectivity index (χ1n) is 3.57. The molecule has 1 aromatic rings. The van der Waals surface area contributed by atoms with Crippen LogP contribution in [0.25, 0.3) is 0 Å². The van der Waals surface area contributed by atoms with Crippen molar-refractivity contribution in [3.05, 3.63) is 26.4 Å². The van der Waals surface area contributed by atoms with Gasteiger partial charge < -0.3 is 10.8 Å². The van der Waals surface area contributed by atoms with E-state index in [0.29, 0.717) is 5.56 Å². The Hall–Kier alpha value is -0.130. The number of aromatic hydroxyl groups is 1. The molecule has 0 amide bonds. The minimum atomic E-state index is -0.526. The highest BCUT2D eigenvalue weighted by Gasteiger charge is 2.16. The second kappa shape index (κ2) is 3.94. The predicted octanol–water partition coefficient (Wildman–Crippen LogP) is 3.08. The van der Waals surface area contributed by atoms with Gasteiger partial charge in [0, 0.05) is 11.6 Å². The summed E-state index contributed by atoms with van der Waals surface area (Å²) in [5.41, 5.74) is 6.08. The van der Waals surface area contributed by atoms with Crippen molar-refractivity contribution in [3.63, 3.8) is 0 Å². The largest absolute Gasteiger partial charge is 0.506 e. The number of hydrogen-bond donors (Lipinski definition) is 2. The first-order chi connectivity index (χ1) is 5.95. The van der Waals surface area contributed by atoms with Crippen LogP contribution in [-0.4, -0.2) is 5.11 Å². The molecule has 0 saturated heterocycles. The van der Waals surface area contributed by atoms with E-state index in [-0.39, 0.29) is 20.7 Å². The topological polar surface area (TPSA) is 46.2 Å². The van der Waals surface area contributed by atoms with E-state index >= 15 is 0 Å². The van der Waals surface area contributed by atoms with Crippen molar-refractivity contribution in [2.45, 2.75) is 13.0 Å². The fourth-order valence-electron chi connectivity index (χ4n) is 0.951. The van der Waals surface area contributed by atoms with Gasteiger partial charge in [-0.15, -0.1) is 0 Å². The van der Waals surface area contributed by atoms with E-state index in [2.05, 4.69) is 31.9 Å². The maximum Gasteiger partial charge on any atom is 0.155 e. The molecule has 0 aliphatic rings. The Morgan fingerprint density at radius 1 is 1.54 bits per heavy atom. The van der Waals surface area contributed by atoms with Crippen molar-refractivity contribution >= 4 is 31.9 Å². The summed E-state index contributed by atoms with van der Waals surface area (Å²) in [6.07, 6.45) is 0. The monoisotopic (exact) mass is 311 g/mol. The van der Waals surface area contributed by atoms with E-state index in [9.17, 15) is 9.50 Å². The third-order valence-electron chi connectivity index (χ3n) is 1.66. The van der Waals surface area contributed by atoms with Crippen LogP contribution < -0.4 is 5.73 Å². The lowest BCUT2D eigenvalue weighted by Crippen LogP contribution is -2.06. The zero-order valence-electron chi connectivity index (χ0n) is 6.81. The fraction of sp³-hybridized carbons (Fsp3) is 0.250. The molecule has 0 radical (unpaired) electrons. The Kier molecular flexibility index (Phi) is 3.32. The zero-order valence-corrected chi connectivity index (χ0v) is 9.99. The average molecular weight is 313 g/mol. The van der Waals surface area contributed by atoms with Crippen molar-refractivity contribution in [1.29, 1.82) is 0 Å². The molecule has 0 bridgehead atoms. The molecule has 0 saturated carbocycles. The Morgan fingerprint density at radius 3 is 2.54 bits per heavy atom. The average Bonchev–Trinajstić information content (AvgIpc) is 2.07. The maximum atomic E-state index is 13.1. The quantitative estimate of drug-likeness (QED) is 0.783. The summed E-state index contributed by atoms with van der Waals surface area (Å²) in [6, 6.07) is 1.13. The summed E-state index contributed by atoms with van der Waals surface area (Å²) in [5, 5.41) is 9.49. The summed E-state index contributed by atoms with van der Waals surface area (Å²) in [5.74, 6) is -0.669. The van der Waals surface area contributed by atoms with E-state index in [4.69, 9.17) is 5.73 Å². The zero-order chi connectivity index (χ0) is 10.2. The van der Waals surface area contributed by atoms with Crippen molar-refractivity contribution in [1.82, 2.24) is 0 Å².